The Kier molecular flexibility index (Phi) is 6.83. The topological polar surface area (TPSA) is 64.2 Å². The molecule has 1 aromatic carbocycles. The average Bonchev–Trinajstić information content (AvgIpc) is 3.43. The van der Waals surface area contributed by atoms with Crippen LogP contribution in [0.2, 0.25) is 0 Å². The molecular formula is C23H25F3N4O2S. The first kappa shape index (κ1) is 23.4. The Morgan fingerprint density at radius 2 is 1.97 bits per heavy atom. The van der Waals surface area contributed by atoms with Gasteiger partial charge in [0.1, 0.15) is 12.3 Å². The number of furan rings is 1. The molecule has 1 aliphatic carbocycles. The van der Waals surface area contributed by atoms with Crippen LogP contribution < -0.4 is 0 Å². The molecule has 0 aliphatic heterocycles. The molecule has 33 heavy (non-hydrogen) atoms. The number of carbonyl (C=O) groups excluding carboxylic acids is 1. The standard InChI is InChI=1S/C23H25F3N4O2S/c1-15(18-8-9-18)30(14-23(24,25)26)20(31)13-33-22-28-27-21(19-10-11-32-16(19)2)29(22)12-17-6-4-3-5-7-17/h3-7,10-11,15,18H,8-9,12-14H2,1-2H3. The zero-order chi connectivity index (χ0) is 23.6. The van der Waals surface area contributed by atoms with E-state index in [1.807, 2.05) is 41.8 Å². The van der Waals surface area contributed by atoms with Gasteiger partial charge < -0.3 is 9.32 Å². The quantitative estimate of drug-likeness (QED) is 0.397. The van der Waals surface area contributed by atoms with Gasteiger partial charge in [-0.3, -0.25) is 9.36 Å². The molecule has 1 atom stereocenters. The van der Waals surface area contributed by atoms with Gasteiger partial charge in [-0.1, -0.05) is 42.1 Å². The van der Waals surface area contributed by atoms with E-state index in [1.54, 1.807) is 19.3 Å². The van der Waals surface area contributed by atoms with Crippen LogP contribution in [-0.4, -0.2) is 50.1 Å². The molecular weight excluding hydrogens is 453 g/mol. The fourth-order valence-corrected chi connectivity index (χ4v) is 4.64. The number of alkyl halides is 3. The van der Waals surface area contributed by atoms with E-state index < -0.39 is 24.7 Å². The number of halogens is 3. The van der Waals surface area contributed by atoms with Crippen LogP contribution in [0, 0.1) is 12.8 Å². The normalized spacial score (nSPS) is 14.9. The molecule has 2 heterocycles. The van der Waals surface area contributed by atoms with Gasteiger partial charge in [0.2, 0.25) is 5.91 Å². The Morgan fingerprint density at radius 1 is 1.24 bits per heavy atom. The maximum absolute atomic E-state index is 13.1. The van der Waals surface area contributed by atoms with E-state index in [9.17, 15) is 18.0 Å². The van der Waals surface area contributed by atoms with Crippen molar-refractivity contribution in [2.24, 2.45) is 5.92 Å². The van der Waals surface area contributed by atoms with Gasteiger partial charge in [-0.05, 0) is 44.2 Å². The Morgan fingerprint density at radius 3 is 2.58 bits per heavy atom. The number of aryl methyl sites for hydroxylation is 1. The monoisotopic (exact) mass is 478 g/mol. The van der Waals surface area contributed by atoms with Crippen LogP contribution in [0.4, 0.5) is 13.2 Å². The number of nitrogens with zero attached hydrogens (tertiary/aromatic N) is 4. The van der Waals surface area contributed by atoms with Gasteiger partial charge in [0.05, 0.1) is 24.1 Å². The lowest BCUT2D eigenvalue weighted by Crippen LogP contribution is -2.46. The summed E-state index contributed by atoms with van der Waals surface area (Å²) in [6.45, 7) is 2.74. The number of benzene rings is 1. The van der Waals surface area contributed by atoms with Crippen molar-refractivity contribution in [2.45, 2.75) is 50.6 Å². The summed E-state index contributed by atoms with van der Waals surface area (Å²) in [6, 6.07) is 11.1. The predicted octanol–water partition coefficient (Wildman–Crippen LogP) is 5.18. The number of carbonyl (C=O) groups is 1. The Balaban J connectivity index is 1.56. The fourth-order valence-electron chi connectivity index (χ4n) is 3.81. The largest absolute Gasteiger partial charge is 0.469 e. The first-order valence-corrected chi connectivity index (χ1v) is 11.7. The highest BCUT2D eigenvalue weighted by molar-refractivity contribution is 7.99. The van der Waals surface area contributed by atoms with Gasteiger partial charge in [0, 0.05) is 6.04 Å². The molecule has 3 aromatic rings. The van der Waals surface area contributed by atoms with E-state index in [-0.39, 0.29) is 11.7 Å². The highest BCUT2D eigenvalue weighted by atomic mass is 32.2. The number of rotatable bonds is 9. The van der Waals surface area contributed by atoms with Crippen molar-refractivity contribution in [3.05, 3.63) is 54.0 Å². The van der Waals surface area contributed by atoms with Crippen molar-refractivity contribution in [1.82, 2.24) is 19.7 Å². The molecule has 0 saturated heterocycles. The summed E-state index contributed by atoms with van der Waals surface area (Å²) in [7, 11) is 0. The van der Waals surface area contributed by atoms with Crippen LogP contribution in [0.5, 0.6) is 0 Å². The van der Waals surface area contributed by atoms with Crippen molar-refractivity contribution in [2.75, 3.05) is 12.3 Å². The van der Waals surface area contributed by atoms with Gasteiger partial charge in [0.15, 0.2) is 11.0 Å². The Labute approximate surface area is 194 Å². The maximum atomic E-state index is 13.1. The van der Waals surface area contributed by atoms with Crippen LogP contribution in [0.15, 0.2) is 52.2 Å². The molecule has 10 heteroatoms. The summed E-state index contributed by atoms with van der Waals surface area (Å²) >= 11 is 1.10. The van der Waals surface area contributed by atoms with Gasteiger partial charge in [0.25, 0.3) is 0 Å². The molecule has 6 nitrogen and oxygen atoms in total. The minimum atomic E-state index is -4.44. The van der Waals surface area contributed by atoms with E-state index in [0.717, 1.165) is 40.6 Å². The van der Waals surface area contributed by atoms with Crippen molar-refractivity contribution < 1.29 is 22.4 Å². The van der Waals surface area contributed by atoms with Gasteiger partial charge >= 0.3 is 6.18 Å². The molecule has 0 N–H and O–H groups in total. The van der Waals surface area contributed by atoms with E-state index in [1.165, 1.54) is 0 Å². The molecule has 0 spiro atoms. The van der Waals surface area contributed by atoms with Crippen molar-refractivity contribution in [3.8, 4) is 11.4 Å². The first-order chi connectivity index (χ1) is 15.7. The maximum Gasteiger partial charge on any atom is 0.406 e. The molecule has 1 saturated carbocycles. The summed E-state index contributed by atoms with van der Waals surface area (Å²) in [4.78, 5) is 13.8. The highest BCUT2D eigenvalue weighted by Crippen LogP contribution is 2.37. The Bertz CT molecular complexity index is 1090. The van der Waals surface area contributed by atoms with Crippen molar-refractivity contribution in [1.29, 1.82) is 0 Å². The fraction of sp³-hybridized carbons (Fsp3) is 0.435. The van der Waals surface area contributed by atoms with Crippen molar-refractivity contribution >= 4 is 17.7 Å². The van der Waals surface area contributed by atoms with E-state index in [0.29, 0.717) is 23.3 Å². The highest BCUT2D eigenvalue weighted by Gasteiger charge is 2.40. The molecule has 2 aromatic heterocycles. The van der Waals surface area contributed by atoms with E-state index in [2.05, 4.69) is 10.2 Å². The molecule has 0 bridgehead atoms. The van der Waals surface area contributed by atoms with E-state index in [4.69, 9.17) is 4.42 Å². The SMILES string of the molecule is Cc1occc1-c1nnc(SCC(=O)N(CC(F)(F)F)C(C)C2CC2)n1Cc1ccccc1. The van der Waals surface area contributed by atoms with E-state index >= 15 is 0 Å². The Hall–Kier alpha value is -2.75. The molecule has 1 amide bonds. The molecule has 1 fully saturated rings. The first-order valence-electron chi connectivity index (χ1n) is 10.7. The third-order valence-corrected chi connectivity index (χ3v) is 6.74. The lowest BCUT2D eigenvalue weighted by molar-refractivity contribution is -0.164. The predicted molar refractivity (Wildman–Crippen MR) is 119 cm³/mol. The summed E-state index contributed by atoms with van der Waals surface area (Å²) in [5.74, 6) is 0.702. The second-order valence-electron chi connectivity index (χ2n) is 8.27. The number of thioether (sulfide) groups is 1. The van der Waals surface area contributed by atoms with Crippen LogP contribution in [0.25, 0.3) is 11.4 Å². The third-order valence-electron chi connectivity index (χ3n) is 5.79. The van der Waals surface area contributed by atoms with Crippen LogP contribution in [0.1, 0.15) is 31.1 Å². The lowest BCUT2D eigenvalue weighted by Gasteiger charge is -2.30. The number of hydrogen-bond acceptors (Lipinski definition) is 5. The second-order valence-corrected chi connectivity index (χ2v) is 9.21. The molecule has 0 radical (unpaired) electrons. The minimum absolute atomic E-state index is 0.138. The number of hydrogen-bond donors (Lipinski definition) is 0. The summed E-state index contributed by atoms with van der Waals surface area (Å²) in [5, 5.41) is 9.01. The summed E-state index contributed by atoms with van der Waals surface area (Å²) in [5.41, 5.74) is 1.78. The summed E-state index contributed by atoms with van der Waals surface area (Å²) in [6.07, 6.45) is -1.16. The molecule has 1 unspecified atom stereocenters. The van der Waals surface area contributed by atoms with Crippen LogP contribution >= 0.6 is 11.8 Å². The third kappa shape index (κ3) is 5.79. The van der Waals surface area contributed by atoms with Gasteiger partial charge in [-0.25, -0.2) is 0 Å². The van der Waals surface area contributed by atoms with Crippen LogP contribution in [-0.2, 0) is 11.3 Å². The molecule has 176 valence electrons. The zero-order valence-electron chi connectivity index (χ0n) is 18.4. The van der Waals surface area contributed by atoms with Gasteiger partial charge in [-0.15, -0.1) is 10.2 Å². The minimum Gasteiger partial charge on any atom is -0.469 e. The lowest BCUT2D eigenvalue weighted by atomic mass is 10.2. The average molecular weight is 479 g/mol. The smallest absolute Gasteiger partial charge is 0.406 e. The molecule has 4 rings (SSSR count). The second kappa shape index (κ2) is 9.62. The van der Waals surface area contributed by atoms with Crippen molar-refractivity contribution in [3.63, 3.8) is 0 Å². The number of aromatic nitrogens is 3. The number of amides is 1. The van der Waals surface area contributed by atoms with Crippen LogP contribution in [0.3, 0.4) is 0 Å². The zero-order valence-corrected chi connectivity index (χ0v) is 19.2. The molecule has 1 aliphatic rings. The van der Waals surface area contributed by atoms with Gasteiger partial charge in [-0.2, -0.15) is 13.2 Å². The summed E-state index contributed by atoms with van der Waals surface area (Å²) < 4.78 is 46.7.